The molecule has 1 aromatic carbocycles. The molecule has 1 N–H and O–H groups in total. The Labute approximate surface area is 94.6 Å². The number of hydrogen-bond acceptors (Lipinski definition) is 3. The largest absolute Gasteiger partial charge is 0.462 e. The number of esters is 1. The molecule has 0 spiro atoms. The summed E-state index contributed by atoms with van der Waals surface area (Å²) in [6.45, 7) is 3.80. The molecule has 1 rings (SSSR count). The van der Waals surface area contributed by atoms with Gasteiger partial charge in [-0.05, 0) is 19.4 Å². The number of nitrogens with one attached hydrogen (secondary N) is 1. The first-order valence-corrected chi connectivity index (χ1v) is 5.00. The smallest absolute Gasteiger partial charge is 0.396 e. The summed E-state index contributed by atoms with van der Waals surface area (Å²) in [5.74, 6) is -1.60. The molecule has 1 unspecified atom stereocenters. The molecule has 1 aromatic rings. The van der Waals surface area contributed by atoms with E-state index in [2.05, 4.69) is 10.1 Å². The first kappa shape index (κ1) is 12.2. The fraction of sp³-hybridized carbons (Fsp3) is 0.333. The van der Waals surface area contributed by atoms with Crippen LogP contribution in [0, 0.1) is 6.92 Å². The van der Waals surface area contributed by atoms with Gasteiger partial charge in [0, 0.05) is 0 Å². The molecule has 1 amide bonds. The van der Waals surface area contributed by atoms with E-state index in [0.717, 1.165) is 11.1 Å². The van der Waals surface area contributed by atoms with Crippen LogP contribution in [0.3, 0.4) is 0 Å². The summed E-state index contributed by atoms with van der Waals surface area (Å²) in [4.78, 5) is 22.1. The number of amides is 1. The third-order valence-corrected chi connectivity index (χ3v) is 2.30. The van der Waals surface area contributed by atoms with E-state index in [0.29, 0.717) is 0 Å². The minimum atomic E-state index is -0.876. The highest BCUT2D eigenvalue weighted by Gasteiger charge is 2.16. The maximum absolute atomic E-state index is 11.2. The molecule has 0 bridgehead atoms. The van der Waals surface area contributed by atoms with Gasteiger partial charge in [-0.3, -0.25) is 4.79 Å². The second kappa shape index (κ2) is 5.30. The van der Waals surface area contributed by atoms with Gasteiger partial charge in [0.05, 0.1) is 13.2 Å². The van der Waals surface area contributed by atoms with Crippen LogP contribution in [0.4, 0.5) is 0 Å². The fourth-order valence-electron chi connectivity index (χ4n) is 1.29. The van der Waals surface area contributed by atoms with Crippen LogP contribution in [0.1, 0.15) is 24.1 Å². The third kappa shape index (κ3) is 3.08. The zero-order valence-electron chi connectivity index (χ0n) is 9.61. The monoisotopic (exact) mass is 221 g/mol. The Morgan fingerprint density at radius 3 is 2.31 bits per heavy atom. The quantitative estimate of drug-likeness (QED) is 0.605. The van der Waals surface area contributed by atoms with E-state index in [1.807, 2.05) is 38.1 Å². The Morgan fingerprint density at radius 2 is 1.81 bits per heavy atom. The van der Waals surface area contributed by atoms with Gasteiger partial charge >= 0.3 is 11.9 Å². The summed E-state index contributed by atoms with van der Waals surface area (Å²) in [5, 5.41) is 2.55. The maximum Gasteiger partial charge on any atom is 0.396 e. The van der Waals surface area contributed by atoms with Gasteiger partial charge in [-0.2, -0.15) is 0 Å². The molecule has 0 heterocycles. The van der Waals surface area contributed by atoms with Crippen molar-refractivity contribution in [3.05, 3.63) is 35.4 Å². The molecule has 0 aromatic heterocycles. The molecule has 0 saturated heterocycles. The second-order valence-corrected chi connectivity index (χ2v) is 3.60. The highest BCUT2D eigenvalue weighted by atomic mass is 16.5. The Kier molecular flexibility index (Phi) is 4.05. The first-order valence-electron chi connectivity index (χ1n) is 5.00. The average Bonchev–Trinajstić information content (AvgIpc) is 2.28. The summed E-state index contributed by atoms with van der Waals surface area (Å²) < 4.78 is 4.32. The van der Waals surface area contributed by atoms with Gasteiger partial charge in [-0.25, -0.2) is 4.79 Å². The van der Waals surface area contributed by atoms with Crippen molar-refractivity contribution in [1.29, 1.82) is 0 Å². The number of methoxy groups -OCH3 is 1. The van der Waals surface area contributed by atoms with Gasteiger partial charge in [0.2, 0.25) is 0 Å². The number of ether oxygens (including phenoxy) is 1. The molecule has 86 valence electrons. The fourth-order valence-corrected chi connectivity index (χ4v) is 1.29. The van der Waals surface area contributed by atoms with Gasteiger partial charge in [-0.1, -0.05) is 29.8 Å². The van der Waals surface area contributed by atoms with Gasteiger partial charge < -0.3 is 10.1 Å². The summed E-state index contributed by atoms with van der Waals surface area (Å²) in [5.41, 5.74) is 2.10. The zero-order chi connectivity index (χ0) is 12.1. The Hall–Kier alpha value is -1.84. The lowest BCUT2D eigenvalue weighted by atomic mass is 10.1. The van der Waals surface area contributed by atoms with Crippen molar-refractivity contribution in [2.45, 2.75) is 19.9 Å². The van der Waals surface area contributed by atoms with E-state index in [1.165, 1.54) is 7.11 Å². The lowest BCUT2D eigenvalue weighted by Crippen LogP contribution is -2.33. The van der Waals surface area contributed by atoms with Gasteiger partial charge in [0.1, 0.15) is 0 Å². The van der Waals surface area contributed by atoms with Crippen LogP contribution in [-0.2, 0) is 14.3 Å². The number of rotatable bonds is 2. The number of carbonyl (C=O) groups excluding carboxylic acids is 2. The molecular formula is C12H15NO3. The summed E-state index contributed by atoms with van der Waals surface area (Å²) in [6, 6.07) is 7.52. The molecule has 0 aliphatic carbocycles. The topological polar surface area (TPSA) is 55.4 Å². The van der Waals surface area contributed by atoms with Gasteiger partial charge in [0.25, 0.3) is 0 Å². The van der Waals surface area contributed by atoms with E-state index >= 15 is 0 Å². The number of hydrogen-bond donors (Lipinski definition) is 1. The third-order valence-electron chi connectivity index (χ3n) is 2.30. The molecule has 0 fully saturated rings. The lowest BCUT2D eigenvalue weighted by Gasteiger charge is -2.13. The summed E-state index contributed by atoms with van der Waals surface area (Å²) in [6.07, 6.45) is 0. The van der Waals surface area contributed by atoms with E-state index in [9.17, 15) is 9.59 Å². The maximum atomic E-state index is 11.2. The molecule has 0 aliphatic rings. The molecule has 16 heavy (non-hydrogen) atoms. The molecule has 4 nitrogen and oxygen atoms in total. The molecule has 0 saturated carbocycles. The van der Waals surface area contributed by atoms with Crippen LogP contribution in [0.2, 0.25) is 0 Å². The SMILES string of the molecule is COC(=O)C(=O)NC(C)c1ccc(C)cc1. The van der Waals surface area contributed by atoms with Crippen molar-refractivity contribution in [3.63, 3.8) is 0 Å². The van der Waals surface area contributed by atoms with Crippen molar-refractivity contribution < 1.29 is 14.3 Å². The molecule has 1 atom stereocenters. The second-order valence-electron chi connectivity index (χ2n) is 3.60. The van der Waals surface area contributed by atoms with Crippen LogP contribution in [0.15, 0.2) is 24.3 Å². The zero-order valence-corrected chi connectivity index (χ0v) is 9.61. The molecular weight excluding hydrogens is 206 g/mol. The van der Waals surface area contributed by atoms with Crippen molar-refractivity contribution in [2.24, 2.45) is 0 Å². The van der Waals surface area contributed by atoms with Crippen molar-refractivity contribution in [2.75, 3.05) is 7.11 Å². The van der Waals surface area contributed by atoms with E-state index < -0.39 is 11.9 Å². The minimum Gasteiger partial charge on any atom is -0.462 e. The number of aryl methyl sites for hydroxylation is 1. The average molecular weight is 221 g/mol. The van der Waals surface area contributed by atoms with Crippen LogP contribution >= 0.6 is 0 Å². The standard InChI is InChI=1S/C12H15NO3/c1-8-4-6-10(7-5-8)9(2)13-11(14)12(15)16-3/h4-7,9H,1-3H3,(H,13,14). The first-order chi connectivity index (χ1) is 7.54. The van der Waals surface area contributed by atoms with E-state index in [1.54, 1.807) is 0 Å². The number of carbonyl (C=O) groups is 2. The number of benzene rings is 1. The Balaban J connectivity index is 2.65. The highest BCUT2D eigenvalue weighted by Crippen LogP contribution is 2.12. The van der Waals surface area contributed by atoms with E-state index in [-0.39, 0.29) is 6.04 Å². The van der Waals surface area contributed by atoms with Crippen molar-refractivity contribution in [1.82, 2.24) is 5.32 Å². The van der Waals surface area contributed by atoms with Crippen molar-refractivity contribution >= 4 is 11.9 Å². The van der Waals surface area contributed by atoms with Gasteiger partial charge in [0.15, 0.2) is 0 Å². The molecule has 4 heteroatoms. The minimum absolute atomic E-state index is 0.216. The predicted octanol–water partition coefficient (Wildman–Crippen LogP) is 1.35. The van der Waals surface area contributed by atoms with Crippen LogP contribution in [0.5, 0.6) is 0 Å². The Morgan fingerprint density at radius 1 is 1.25 bits per heavy atom. The van der Waals surface area contributed by atoms with Crippen molar-refractivity contribution in [3.8, 4) is 0 Å². The highest BCUT2D eigenvalue weighted by molar-refractivity contribution is 6.32. The Bertz CT molecular complexity index is 384. The van der Waals surface area contributed by atoms with Crippen LogP contribution in [-0.4, -0.2) is 19.0 Å². The van der Waals surface area contributed by atoms with E-state index in [4.69, 9.17) is 0 Å². The summed E-state index contributed by atoms with van der Waals surface area (Å²) in [7, 11) is 1.18. The lowest BCUT2D eigenvalue weighted by molar-refractivity contribution is -0.153. The summed E-state index contributed by atoms with van der Waals surface area (Å²) >= 11 is 0. The van der Waals surface area contributed by atoms with Crippen LogP contribution in [0.25, 0.3) is 0 Å². The van der Waals surface area contributed by atoms with Gasteiger partial charge in [-0.15, -0.1) is 0 Å². The molecule has 0 radical (unpaired) electrons. The molecule has 0 aliphatic heterocycles. The predicted molar refractivity (Wildman–Crippen MR) is 59.8 cm³/mol. The van der Waals surface area contributed by atoms with Crippen LogP contribution < -0.4 is 5.32 Å². The normalized spacial score (nSPS) is 11.7.